The first-order chi connectivity index (χ1) is 11.2. The van der Waals surface area contributed by atoms with Gasteiger partial charge in [-0.2, -0.15) is 0 Å². The van der Waals surface area contributed by atoms with Crippen LogP contribution in [-0.2, 0) is 6.67 Å². The summed E-state index contributed by atoms with van der Waals surface area (Å²) in [6.45, 7) is 0.0478. The Balaban J connectivity index is 1.60. The summed E-state index contributed by atoms with van der Waals surface area (Å²) in [5.41, 5.74) is 2.49. The van der Waals surface area contributed by atoms with Gasteiger partial charge in [0.2, 0.25) is 0 Å². The average molecular weight is 304 g/mol. The Labute approximate surface area is 132 Å². The Bertz CT molecular complexity index is 867. The van der Waals surface area contributed by atoms with E-state index in [-0.39, 0.29) is 18.5 Å². The summed E-state index contributed by atoms with van der Waals surface area (Å²) >= 11 is 0. The Morgan fingerprint density at radius 2 is 1.43 bits per heavy atom. The Morgan fingerprint density at radius 3 is 2.09 bits per heavy atom. The first-order valence-corrected chi connectivity index (χ1v) is 7.15. The molecular weight excluding hydrogens is 292 g/mol. The van der Waals surface area contributed by atoms with Crippen LogP contribution in [0.4, 0.5) is 0 Å². The lowest BCUT2D eigenvalue weighted by Crippen LogP contribution is -2.32. The highest BCUT2D eigenvalue weighted by molar-refractivity contribution is 6.21. The quantitative estimate of drug-likeness (QED) is 0.696. The smallest absolute Gasteiger partial charge is 0.263 e. The summed E-state index contributed by atoms with van der Waals surface area (Å²) in [6.07, 6.45) is 1.72. The molecule has 0 fully saturated rings. The van der Waals surface area contributed by atoms with Gasteiger partial charge in [-0.3, -0.25) is 14.5 Å². The van der Waals surface area contributed by atoms with E-state index in [1.165, 1.54) is 9.58 Å². The van der Waals surface area contributed by atoms with Crippen molar-refractivity contribution in [1.29, 1.82) is 0 Å². The Kier molecular flexibility index (Phi) is 3.01. The van der Waals surface area contributed by atoms with Crippen LogP contribution in [0.1, 0.15) is 20.7 Å². The molecule has 0 saturated carbocycles. The number of hydrogen-bond donors (Lipinski definition) is 0. The van der Waals surface area contributed by atoms with E-state index in [1.54, 1.807) is 30.5 Å². The molecule has 0 atom stereocenters. The van der Waals surface area contributed by atoms with Gasteiger partial charge in [0.15, 0.2) is 0 Å². The van der Waals surface area contributed by atoms with E-state index in [1.807, 2.05) is 30.3 Å². The number of fused-ring (bicyclic) bond motifs is 1. The van der Waals surface area contributed by atoms with E-state index in [9.17, 15) is 9.59 Å². The summed E-state index contributed by atoms with van der Waals surface area (Å²) < 4.78 is 1.49. The molecule has 23 heavy (non-hydrogen) atoms. The second-order valence-electron chi connectivity index (χ2n) is 5.23. The Hall–Kier alpha value is -3.28. The number of amides is 2. The van der Waals surface area contributed by atoms with Crippen LogP contribution >= 0.6 is 0 Å². The van der Waals surface area contributed by atoms with E-state index in [0.29, 0.717) is 16.8 Å². The summed E-state index contributed by atoms with van der Waals surface area (Å²) in [5.74, 6) is -0.607. The molecular formula is C17H12N4O2. The SMILES string of the molecule is O=C1c2ccccc2C(=O)N1Cn1cc(-c2ccccc2)nn1. The van der Waals surface area contributed by atoms with Crippen molar-refractivity contribution < 1.29 is 9.59 Å². The molecule has 0 saturated heterocycles. The summed E-state index contributed by atoms with van der Waals surface area (Å²) in [5, 5.41) is 8.10. The number of rotatable bonds is 3. The summed E-state index contributed by atoms with van der Waals surface area (Å²) in [6, 6.07) is 16.4. The number of nitrogens with zero attached hydrogens (tertiary/aromatic N) is 4. The van der Waals surface area contributed by atoms with Crippen LogP contribution in [0.25, 0.3) is 11.3 Å². The van der Waals surface area contributed by atoms with Gasteiger partial charge in [-0.1, -0.05) is 47.7 Å². The molecule has 0 spiro atoms. The standard InChI is InChI=1S/C17H12N4O2/c22-16-13-8-4-5-9-14(13)17(23)21(16)11-20-10-15(18-19-20)12-6-2-1-3-7-12/h1-10H,11H2. The van der Waals surface area contributed by atoms with E-state index >= 15 is 0 Å². The monoisotopic (exact) mass is 304 g/mol. The van der Waals surface area contributed by atoms with Crippen LogP contribution in [-0.4, -0.2) is 31.7 Å². The van der Waals surface area contributed by atoms with Gasteiger partial charge in [0.05, 0.1) is 17.3 Å². The minimum Gasteiger partial charge on any atom is -0.269 e. The summed E-state index contributed by atoms with van der Waals surface area (Å²) in [4.78, 5) is 25.8. The molecule has 3 aromatic rings. The zero-order valence-corrected chi connectivity index (χ0v) is 12.1. The molecule has 1 aliphatic rings. The van der Waals surface area contributed by atoms with Crippen molar-refractivity contribution in [3.63, 3.8) is 0 Å². The first kappa shape index (κ1) is 13.4. The van der Waals surface area contributed by atoms with Crippen molar-refractivity contribution in [1.82, 2.24) is 19.9 Å². The highest BCUT2D eigenvalue weighted by atomic mass is 16.2. The molecule has 0 N–H and O–H groups in total. The molecule has 2 amide bonds. The predicted octanol–water partition coefficient (Wildman–Crippen LogP) is 2.20. The van der Waals surface area contributed by atoms with E-state index < -0.39 is 0 Å². The molecule has 6 heteroatoms. The third kappa shape index (κ3) is 2.20. The number of benzene rings is 2. The van der Waals surface area contributed by atoms with Crippen molar-refractivity contribution in [2.75, 3.05) is 0 Å². The Morgan fingerprint density at radius 1 is 0.826 bits per heavy atom. The molecule has 0 unspecified atom stereocenters. The molecule has 0 bridgehead atoms. The first-order valence-electron chi connectivity index (χ1n) is 7.15. The number of imide groups is 1. The van der Waals surface area contributed by atoms with Crippen molar-refractivity contribution in [3.05, 3.63) is 71.9 Å². The van der Waals surface area contributed by atoms with Crippen molar-refractivity contribution in [3.8, 4) is 11.3 Å². The highest BCUT2D eigenvalue weighted by Gasteiger charge is 2.35. The highest BCUT2D eigenvalue weighted by Crippen LogP contribution is 2.23. The van der Waals surface area contributed by atoms with E-state index in [0.717, 1.165) is 5.56 Å². The number of carbonyl (C=O) groups excluding carboxylic acids is 2. The van der Waals surface area contributed by atoms with Crippen LogP contribution in [0.15, 0.2) is 60.8 Å². The zero-order chi connectivity index (χ0) is 15.8. The normalized spacial score (nSPS) is 13.5. The third-order valence-corrected chi connectivity index (χ3v) is 3.77. The van der Waals surface area contributed by atoms with Gasteiger partial charge in [0.25, 0.3) is 11.8 Å². The average Bonchev–Trinajstić information content (AvgIpc) is 3.16. The van der Waals surface area contributed by atoms with Gasteiger partial charge in [-0.25, -0.2) is 4.68 Å². The van der Waals surface area contributed by atoms with Crippen molar-refractivity contribution >= 4 is 11.8 Å². The number of hydrogen-bond acceptors (Lipinski definition) is 4. The number of carbonyl (C=O) groups is 2. The van der Waals surface area contributed by atoms with Crippen LogP contribution in [0.3, 0.4) is 0 Å². The van der Waals surface area contributed by atoms with Gasteiger partial charge >= 0.3 is 0 Å². The molecule has 2 heterocycles. The molecule has 1 aromatic heterocycles. The third-order valence-electron chi connectivity index (χ3n) is 3.77. The van der Waals surface area contributed by atoms with Gasteiger partial charge in [0.1, 0.15) is 12.4 Å². The van der Waals surface area contributed by atoms with Crippen molar-refractivity contribution in [2.24, 2.45) is 0 Å². The maximum Gasteiger partial charge on any atom is 0.263 e. The zero-order valence-electron chi connectivity index (χ0n) is 12.1. The fourth-order valence-corrected chi connectivity index (χ4v) is 2.62. The topological polar surface area (TPSA) is 68.1 Å². The van der Waals surface area contributed by atoms with Crippen LogP contribution in [0.5, 0.6) is 0 Å². The molecule has 112 valence electrons. The molecule has 2 aromatic carbocycles. The molecule has 0 radical (unpaired) electrons. The van der Waals surface area contributed by atoms with Gasteiger partial charge < -0.3 is 0 Å². The van der Waals surface area contributed by atoms with E-state index in [2.05, 4.69) is 10.3 Å². The molecule has 0 aliphatic carbocycles. The lowest BCUT2D eigenvalue weighted by atomic mass is 10.1. The molecule has 1 aliphatic heterocycles. The van der Waals surface area contributed by atoms with Gasteiger partial charge in [-0.15, -0.1) is 5.10 Å². The van der Waals surface area contributed by atoms with Gasteiger partial charge in [-0.05, 0) is 12.1 Å². The predicted molar refractivity (Wildman–Crippen MR) is 82.4 cm³/mol. The van der Waals surface area contributed by atoms with Crippen LogP contribution < -0.4 is 0 Å². The fraction of sp³-hybridized carbons (Fsp3) is 0.0588. The van der Waals surface area contributed by atoms with Crippen LogP contribution in [0.2, 0.25) is 0 Å². The summed E-state index contributed by atoms with van der Waals surface area (Å²) in [7, 11) is 0. The second kappa shape index (κ2) is 5.17. The van der Waals surface area contributed by atoms with Crippen molar-refractivity contribution in [2.45, 2.75) is 6.67 Å². The minimum atomic E-state index is -0.303. The van der Waals surface area contributed by atoms with E-state index in [4.69, 9.17) is 0 Å². The molecule has 6 nitrogen and oxygen atoms in total. The second-order valence-corrected chi connectivity index (χ2v) is 5.23. The largest absolute Gasteiger partial charge is 0.269 e. The minimum absolute atomic E-state index is 0.0478. The fourth-order valence-electron chi connectivity index (χ4n) is 2.62. The maximum atomic E-state index is 12.3. The molecule has 4 rings (SSSR count). The lowest BCUT2D eigenvalue weighted by Gasteiger charge is -2.12. The maximum absolute atomic E-state index is 12.3. The number of aromatic nitrogens is 3. The lowest BCUT2D eigenvalue weighted by molar-refractivity contribution is 0.0596. The van der Waals surface area contributed by atoms with Gasteiger partial charge in [0, 0.05) is 5.56 Å². The van der Waals surface area contributed by atoms with Crippen LogP contribution in [0, 0.1) is 0 Å².